The highest BCUT2D eigenvalue weighted by Crippen LogP contribution is 2.30. The summed E-state index contributed by atoms with van der Waals surface area (Å²) in [6.45, 7) is 0. The fourth-order valence-electron chi connectivity index (χ4n) is 2.60. The Morgan fingerprint density at radius 2 is 2.16 bits per heavy atom. The third-order valence-electron chi connectivity index (χ3n) is 3.48. The number of para-hydroxylation sites is 1. The van der Waals surface area contributed by atoms with Crippen LogP contribution in [0.5, 0.6) is 0 Å². The Morgan fingerprint density at radius 1 is 1.37 bits per heavy atom. The molecule has 3 rings (SSSR count). The zero-order valence-corrected chi connectivity index (χ0v) is 10.1. The van der Waals surface area contributed by atoms with Crippen LogP contribution in [0.4, 0.5) is 0 Å². The number of carbonyl (C=O) groups is 2. The number of aldehydes is 1. The second-order valence-electron chi connectivity index (χ2n) is 4.62. The summed E-state index contributed by atoms with van der Waals surface area (Å²) in [7, 11) is 0. The zero-order chi connectivity index (χ0) is 13.4. The van der Waals surface area contributed by atoms with Crippen molar-refractivity contribution in [3.05, 3.63) is 35.5 Å². The number of terminal acetylenes is 1. The minimum absolute atomic E-state index is 0.301. The van der Waals surface area contributed by atoms with E-state index in [1.807, 2.05) is 24.3 Å². The number of amides is 1. The highest BCUT2D eigenvalue weighted by Gasteiger charge is 2.31. The van der Waals surface area contributed by atoms with Gasteiger partial charge in [0.2, 0.25) is 5.91 Å². The van der Waals surface area contributed by atoms with Crippen LogP contribution >= 0.6 is 0 Å². The molecular weight excluding hydrogens is 240 g/mol. The maximum atomic E-state index is 12.0. The molecule has 19 heavy (non-hydrogen) atoms. The molecule has 0 saturated carbocycles. The predicted octanol–water partition coefficient (Wildman–Crippen LogP) is 1.12. The van der Waals surface area contributed by atoms with Gasteiger partial charge < -0.3 is 15.1 Å². The first-order valence-electron chi connectivity index (χ1n) is 6.06. The summed E-state index contributed by atoms with van der Waals surface area (Å²) in [5.41, 5.74) is 2.62. The summed E-state index contributed by atoms with van der Waals surface area (Å²) >= 11 is 0. The van der Waals surface area contributed by atoms with Crippen molar-refractivity contribution in [2.45, 2.75) is 18.4 Å². The zero-order valence-electron chi connectivity index (χ0n) is 10.1. The number of benzene rings is 1. The fourth-order valence-corrected chi connectivity index (χ4v) is 2.60. The summed E-state index contributed by atoms with van der Waals surface area (Å²) in [5.74, 6) is 1.52. The van der Waals surface area contributed by atoms with Crippen molar-refractivity contribution < 1.29 is 9.59 Å². The first-order valence-corrected chi connectivity index (χ1v) is 6.06. The van der Waals surface area contributed by atoms with Crippen molar-refractivity contribution in [2.24, 2.45) is 0 Å². The largest absolute Gasteiger partial charge is 0.357 e. The second kappa shape index (κ2) is 4.29. The molecule has 1 aliphatic rings. The van der Waals surface area contributed by atoms with Crippen LogP contribution in [0.15, 0.2) is 24.3 Å². The van der Waals surface area contributed by atoms with Crippen LogP contribution in [0, 0.1) is 12.3 Å². The molecule has 0 bridgehead atoms. The number of fused-ring (bicyclic) bond motifs is 3. The second-order valence-corrected chi connectivity index (χ2v) is 4.62. The molecule has 4 nitrogen and oxygen atoms in total. The SMILES string of the molecule is C#C[C@H]1C(=O)N[C@H](C=O)Cc2c1[nH]c1ccccc21. The molecule has 0 fully saturated rings. The molecule has 4 heteroatoms. The lowest BCUT2D eigenvalue weighted by atomic mass is 9.99. The number of hydrogen-bond donors (Lipinski definition) is 2. The molecule has 0 spiro atoms. The van der Waals surface area contributed by atoms with Crippen molar-refractivity contribution in [1.82, 2.24) is 10.3 Å². The van der Waals surface area contributed by atoms with Gasteiger partial charge in [-0.2, -0.15) is 0 Å². The molecule has 0 saturated heterocycles. The number of hydrogen-bond acceptors (Lipinski definition) is 2. The summed E-state index contributed by atoms with van der Waals surface area (Å²) in [4.78, 5) is 26.3. The Morgan fingerprint density at radius 3 is 2.89 bits per heavy atom. The first kappa shape index (κ1) is 11.5. The molecule has 0 unspecified atom stereocenters. The number of H-pyrrole nitrogens is 1. The minimum Gasteiger partial charge on any atom is -0.357 e. The van der Waals surface area contributed by atoms with Gasteiger partial charge in [-0.3, -0.25) is 4.79 Å². The molecule has 1 aromatic carbocycles. The van der Waals surface area contributed by atoms with Gasteiger partial charge in [-0.05, 0) is 11.6 Å². The van der Waals surface area contributed by atoms with Gasteiger partial charge in [0.05, 0.1) is 6.04 Å². The van der Waals surface area contributed by atoms with Crippen molar-refractivity contribution >= 4 is 23.1 Å². The molecule has 2 N–H and O–H groups in total. The monoisotopic (exact) mass is 252 g/mol. The lowest BCUT2D eigenvalue weighted by Crippen LogP contribution is -2.37. The van der Waals surface area contributed by atoms with Crippen LogP contribution in [0.25, 0.3) is 10.9 Å². The van der Waals surface area contributed by atoms with Crippen molar-refractivity contribution in [3.63, 3.8) is 0 Å². The lowest BCUT2D eigenvalue weighted by Gasteiger charge is -2.09. The van der Waals surface area contributed by atoms with E-state index in [-0.39, 0.29) is 5.91 Å². The Labute approximate surface area is 110 Å². The number of nitrogens with one attached hydrogen (secondary N) is 2. The van der Waals surface area contributed by atoms with E-state index >= 15 is 0 Å². The van der Waals surface area contributed by atoms with Gasteiger partial charge in [0.1, 0.15) is 12.2 Å². The smallest absolute Gasteiger partial charge is 0.241 e. The summed E-state index contributed by atoms with van der Waals surface area (Å²) in [5, 5.41) is 3.67. The summed E-state index contributed by atoms with van der Waals surface area (Å²) < 4.78 is 0. The Kier molecular flexibility index (Phi) is 2.60. The topological polar surface area (TPSA) is 62.0 Å². The summed E-state index contributed by atoms with van der Waals surface area (Å²) in [6, 6.07) is 7.22. The highest BCUT2D eigenvalue weighted by molar-refractivity contribution is 5.94. The number of aromatic nitrogens is 1. The maximum Gasteiger partial charge on any atom is 0.241 e. The Balaban J connectivity index is 2.27. The van der Waals surface area contributed by atoms with E-state index in [0.717, 1.165) is 28.4 Å². The lowest BCUT2D eigenvalue weighted by molar-refractivity contribution is -0.124. The van der Waals surface area contributed by atoms with Crippen molar-refractivity contribution in [1.29, 1.82) is 0 Å². The molecule has 0 radical (unpaired) electrons. The summed E-state index contributed by atoms with van der Waals surface area (Å²) in [6.07, 6.45) is 6.68. The van der Waals surface area contributed by atoms with Crippen LogP contribution in [-0.4, -0.2) is 23.2 Å². The number of aromatic amines is 1. The van der Waals surface area contributed by atoms with E-state index in [1.54, 1.807) is 0 Å². The van der Waals surface area contributed by atoms with E-state index < -0.39 is 12.0 Å². The molecular formula is C15H12N2O2. The molecule has 2 heterocycles. The molecule has 1 amide bonds. The van der Waals surface area contributed by atoms with Gasteiger partial charge in [-0.25, -0.2) is 0 Å². The predicted molar refractivity (Wildman–Crippen MR) is 71.6 cm³/mol. The van der Waals surface area contributed by atoms with Crippen LogP contribution in [0.1, 0.15) is 17.2 Å². The molecule has 0 aliphatic carbocycles. The van der Waals surface area contributed by atoms with Gasteiger partial charge in [-0.15, -0.1) is 6.42 Å². The van der Waals surface area contributed by atoms with Gasteiger partial charge in [0.25, 0.3) is 0 Å². The molecule has 1 aromatic heterocycles. The molecule has 2 aromatic rings. The average Bonchev–Trinajstić information content (AvgIpc) is 2.71. The number of carbonyl (C=O) groups excluding carboxylic acids is 2. The third kappa shape index (κ3) is 1.71. The average molecular weight is 252 g/mol. The maximum absolute atomic E-state index is 12.0. The standard InChI is InChI=1S/C15H12N2O2/c1-2-10-14-12(7-9(8-18)16-15(10)19)11-5-3-4-6-13(11)17-14/h1,3-6,8-10,17H,7H2,(H,16,19)/t9-,10+/m0/s1. The van der Waals surface area contributed by atoms with E-state index in [1.165, 1.54) is 0 Å². The molecule has 94 valence electrons. The number of rotatable bonds is 1. The van der Waals surface area contributed by atoms with E-state index in [2.05, 4.69) is 16.2 Å². The Hall–Kier alpha value is -2.54. The van der Waals surface area contributed by atoms with Gasteiger partial charge in [0.15, 0.2) is 0 Å². The molecule has 2 atom stereocenters. The first-order chi connectivity index (χ1) is 9.24. The fraction of sp³-hybridized carbons (Fsp3) is 0.200. The van der Waals surface area contributed by atoms with Crippen LogP contribution < -0.4 is 5.32 Å². The quantitative estimate of drug-likeness (QED) is 0.590. The third-order valence-corrected chi connectivity index (χ3v) is 3.48. The normalized spacial score (nSPS) is 22.2. The van der Waals surface area contributed by atoms with Gasteiger partial charge in [-0.1, -0.05) is 24.1 Å². The van der Waals surface area contributed by atoms with Gasteiger partial charge in [0, 0.05) is 23.0 Å². The van der Waals surface area contributed by atoms with E-state index in [9.17, 15) is 9.59 Å². The van der Waals surface area contributed by atoms with E-state index in [0.29, 0.717) is 6.42 Å². The molecule has 1 aliphatic heterocycles. The van der Waals surface area contributed by atoms with Crippen LogP contribution in [0.3, 0.4) is 0 Å². The minimum atomic E-state index is -0.674. The van der Waals surface area contributed by atoms with Crippen molar-refractivity contribution in [2.75, 3.05) is 0 Å². The van der Waals surface area contributed by atoms with E-state index in [4.69, 9.17) is 6.42 Å². The van der Waals surface area contributed by atoms with Gasteiger partial charge >= 0.3 is 0 Å². The van der Waals surface area contributed by atoms with Crippen LogP contribution in [-0.2, 0) is 16.0 Å². The highest BCUT2D eigenvalue weighted by atomic mass is 16.2. The van der Waals surface area contributed by atoms with Crippen molar-refractivity contribution in [3.8, 4) is 12.3 Å². The van der Waals surface area contributed by atoms with Crippen LogP contribution in [0.2, 0.25) is 0 Å². The Bertz CT molecular complexity index is 708.